The maximum Gasteiger partial charge on any atom is 0.416 e. The van der Waals surface area contributed by atoms with Gasteiger partial charge in [0.15, 0.2) is 6.23 Å². The summed E-state index contributed by atoms with van der Waals surface area (Å²) in [7, 11) is 0. The number of aliphatic hydroxyl groups is 3. The summed E-state index contributed by atoms with van der Waals surface area (Å²) in [6.45, 7) is 0. The highest BCUT2D eigenvalue weighted by atomic mass is 19.4. The molecule has 5 atom stereocenters. The highest BCUT2D eigenvalue weighted by Gasteiger charge is 2.47. The summed E-state index contributed by atoms with van der Waals surface area (Å²) in [5.74, 6) is 0.225. The van der Waals surface area contributed by atoms with Gasteiger partial charge in [0.05, 0.1) is 10.9 Å². The monoisotopic (exact) mass is 410 g/mol. The van der Waals surface area contributed by atoms with Gasteiger partial charge < -0.3 is 30.4 Å². The number of hydrogen-bond acceptors (Lipinski definition) is 7. The van der Waals surface area contributed by atoms with Crippen molar-refractivity contribution in [3.63, 3.8) is 0 Å². The van der Waals surface area contributed by atoms with Crippen LogP contribution in [0, 0.1) is 0 Å². The van der Waals surface area contributed by atoms with E-state index in [9.17, 15) is 28.5 Å². The van der Waals surface area contributed by atoms with E-state index < -0.39 is 42.4 Å². The van der Waals surface area contributed by atoms with Crippen molar-refractivity contribution in [2.24, 2.45) is 0 Å². The van der Waals surface area contributed by atoms with Gasteiger partial charge >= 0.3 is 6.18 Å². The molecule has 0 saturated carbocycles. The minimum absolute atomic E-state index is 0.110. The largest absolute Gasteiger partial charge is 0.416 e. The predicted molar refractivity (Wildman–Crippen MR) is 94.3 cm³/mol. The zero-order chi connectivity index (χ0) is 20.9. The number of alkyl halides is 3. The zero-order valence-electron chi connectivity index (χ0n) is 14.7. The van der Waals surface area contributed by atoms with Crippen molar-refractivity contribution in [2.75, 3.05) is 5.73 Å². The summed E-state index contributed by atoms with van der Waals surface area (Å²) in [4.78, 5) is 7.97. The van der Waals surface area contributed by atoms with Crippen LogP contribution in [0.2, 0.25) is 0 Å². The molecule has 1 aromatic carbocycles. The second-order valence-electron chi connectivity index (χ2n) is 6.76. The molecule has 0 bridgehead atoms. The average molecular weight is 410 g/mol. The number of nitrogens with zero attached hydrogens (tertiary/aromatic N) is 3. The summed E-state index contributed by atoms with van der Waals surface area (Å²) in [5, 5.41) is 31.9. The molecule has 8 nitrogen and oxygen atoms in total. The van der Waals surface area contributed by atoms with E-state index >= 15 is 0 Å². The fraction of sp³-hybridized carbons (Fsp3) is 0.333. The molecule has 5 N–H and O–H groups in total. The number of rotatable bonds is 3. The van der Waals surface area contributed by atoms with Crippen LogP contribution in [-0.4, -0.2) is 48.2 Å². The third kappa shape index (κ3) is 3.31. The second-order valence-corrected chi connectivity index (χ2v) is 6.76. The average Bonchev–Trinajstić information content (AvgIpc) is 3.23. The van der Waals surface area contributed by atoms with Crippen LogP contribution in [0.3, 0.4) is 0 Å². The molecule has 0 radical (unpaired) electrons. The lowest BCUT2D eigenvalue weighted by molar-refractivity contribution is -0.137. The number of benzene rings is 1. The summed E-state index contributed by atoms with van der Waals surface area (Å²) in [6, 6.07) is 5.47. The molecule has 29 heavy (non-hydrogen) atoms. The Morgan fingerprint density at radius 3 is 2.41 bits per heavy atom. The van der Waals surface area contributed by atoms with Gasteiger partial charge in [-0.05, 0) is 23.8 Å². The molecule has 4 rings (SSSR count). The van der Waals surface area contributed by atoms with Gasteiger partial charge in [-0.25, -0.2) is 9.97 Å². The van der Waals surface area contributed by atoms with E-state index in [1.807, 2.05) is 0 Å². The first-order chi connectivity index (χ1) is 13.7. The number of halogens is 3. The molecule has 0 aliphatic carbocycles. The van der Waals surface area contributed by atoms with Gasteiger partial charge in [0, 0.05) is 6.20 Å². The molecule has 0 spiro atoms. The molecule has 1 aliphatic rings. The van der Waals surface area contributed by atoms with Crippen molar-refractivity contribution in [1.29, 1.82) is 0 Å². The molecule has 154 valence electrons. The van der Waals surface area contributed by atoms with Gasteiger partial charge in [-0.15, -0.1) is 0 Å². The maximum atomic E-state index is 12.7. The van der Waals surface area contributed by atoms with E-state index in [2.05, 4.69) is 9.97 Å². The molecular weight excluding hydrogens is 393 g/mol. The lowest BCUT2D eigenvalue weighted by Crippen LogP contribution is -2.34. The number of hydrogen-bond donors (Lipinski definition) is 4. The van der Waals surface area contributed by atoms with Gasteiger partial charge in [-0.2, -0.15) is 13.2 Å². The number of nitrogens with two attached hydrogens (primary N) is 1. The topological polar surface area (TPSA) is 127 Å². The van der Waals surface area contributed by atoms with Gasteiger partial charge in [-0.3, -0.25) is 0 Å². The Balaban J connectivity index is 1.60. The van der Waals surface area contributed by atoms with Crippen molar-refractivity contribution in [2.45, 2.75) is 36.8 Å². The molecule has 1 unspecified atom stereocenters. The molecule has 3 aromatic rings. The van der Waals surface area contributed by atoms with E-state index in [1.54, 1.807) is 12.3 Å². The maximum absolute atomic E-state index is 12.7. The minimum atomic E-state index is -4.51. The molecule has 1 aliphatic heterocycles. The Bertz CT molecular complexity index is 1020. The van der Waals surface area contributed by atoms with Crippen LogP contribution in [0.15, 0.2) is 42.9 Å². The fourth-order valence-corrected chi connectivity index (χ4v) is 3.43. The highest BCUT2D eigenvalue weighted by Crippen LogP contribution is 2.38. The van der Waals surface area contributed by atoms with E-state index in [-0.39, 0.29) is 11.4 Å². The van der Waals surface area contributed by atoms with Crippen LogP contribution in [0.4, 0.5) is 19.0 Å². The summed E-state index contributed by atoms with van der Waals surface area (Å²) >= 11 is 0. The van der Waals surface area contributed by atoms with Gasteiger partial charge in [0.1, 0.15) is 42.2 Å². The standard InChI is InChI=1S/C18H17F3N4O4/c19-18(20,21)9-3-1-8(2-4-9)11(26)14-12(27)13(28)17(29-14)25-6-5-10-15(22)23-7-24-16(10)25/h1-7,11-14,17,26-28H,(H2,22,23,24)/t11?,12-,13+,14+,17+/m0/s1. The molecule has 11 heteroatoms. The van der Waals surface area contributed by atoms with E-state index in [1.165, 1.54) is 10.9 Å². The van der Waals surface area contributed by atoms with Crippen LogP contribution in [-0.2, 0) is 10.9 Å². The van der Waals surface area contributed by atoms with E-state index in [0.717, 1.165) is 24.3 Å². The van der Waals surface area contributed by atoms with Crippen LogP contribution in [0.5, 0.6) is 0 Å². The minimum Gasteiger partial charge on any atom is -0.387 e. The lowest BCUT2D eigenvalue weighted by atomic mass is 9.98. The number of anilines is 1. The Hall–Kier alpha value is -2.73. The third-order valence-corrected chi connectivity index (χ3v) is 4.98. The SMILES string of the molecule is Nc1ncnc2c1ccn2[C@@H]1O[C@H](C(O)c2ccc(C(F)(F)F)cc2)[C@@H](O)[C@H]1O. The summed E-state index contributed by atoms with van der Waals surface area (Å²) in [6.07, 6.45) is -8.47. The first-order valence-electron chi connectivity index (χ1n) is 8.62. The van der Waals surface area contributed by atoms with E-state index in [0.29, 0.717) is 11.0 Å². The van der Waals surface area contributed by atoms with Gasteiger partial charge in [-0.1, -0.05) is 12.1 Å². The molecule has 3 heterocycles. The molecule has 2 aromatic heterocycles. The normalized spacial score (nSPS) is 26.1. The van der Waals surface area contributed by atoms with Crippen molar-refractivity contribution in [3.05, 3.63) is 54.0 Å². The van der Waals surface area contributed by atoms with Crippen molar-refractivity contribution in [3.8, 4) is 0 Å². The Morgan fingerprint density at radius 1 is 1.07 bits per heavy atom. The number of aromatic nitrogens is 3. The van der Waals surface area contributed by atoms with E-state index in [4.69, 9.17) is 10.5 Å². The van der Waals surface area contributed by atoms with Gasteiger partial charge in [0.2, 0.25) is 0 Å². The Morgan fingerprint density at radius 2 is 1.76 bits per heavy atom. The Labute approximate surface area is 162 Å². The molecule has 1 fully saturated rings. The Kier molecular flexibility index (Phi) is 4.69. The van der Waals surface area contributed by atoms with Gasteiger partial charge in [0.25, 0.3) is 0 Å². The van der Waals surface area contributed by atoms with Crippen LogP contribution in [0.1, 0.15) is 23.5 Å². The number of ether oxygens (including phenoxy) is 1. The molecule has 0 amide bonds. The first kappa shape index (κ1) is 19.6. The smallest absolute Gasteiger partial charge is 0.387 e. The fourth-order valence-electron chi connectivity index (χ4n) is 3.43. The summed E-state index contributed by atoms with van der Waals surface area (Å²) in [5.41, 5.74) is 5.39. The molecule has 1 saturated heterocycles. The highest BCUT2D eigenvalue weighted by molar-refractivity contribution is 5.86. The number of fused-ring (bicyclic) bond motifs is 1. The van der Waals surface area contributed by atoms with Crippen molar-refractivity contribution < 1.29 is 33.2 Å². The predicted octanol–water partition coefficient (Wildman–Crippen LogP) is 1.39. The van der Waals surface area contributed by atoms with Crippen LogP contribution in [0.25, 0.3) is 11.0 Å². The third-order valence-electron chi connectivity index (χ3n) is 4.98. The lowest BCUT2D eigenvalue weighted by Gasteiger charge is -2.22. The first-order valence-corrected chi connectivity index (χ1v) is 8.62. The second kappa shape index (κ2) is 6.95. The quantitative estimate of drug-likeness (QED) is 0.514. The number of nitrogen functional groups attached to an aromatic ring is 1. The van der Waals surface area contributed by atoms with Crippen LogP contribution >= 0.6 is 0 Å². The van der Waals surface area contributed by atoms with Crippen LogP contribution < -0.4 is 5.73 Å². The zero-order valence-corrected chi connectivity index (χ0v) is 14.7. The van der Waals surface area contributed by atoms with Crippen molar-refractivity contribution in [1.82, 2.24) is 14.5 Å². The molecular formula is C18H17F3N4O4. The number of aliphatic hydroxyl groups excluding tert-OH is 3. The summed E-state index contributed by atoms with van der Waals surface area (Å²) < 4.78 is 45.3. The van der Waals surface area contributed by atoms with Crippen molar-refractivity contribution >= 4 is 16.9 Å².